The number of hydrogen-bond acceptors (Lipinski definition) is 6. The Bertz CT molecular complexity index is 1460. The Labute approximate surface area is 186 Å². The maximum atomic E-state index is 12.4. The molecule has 4 N–H and O–H groups in total. The van der Waals surface area contributed by atoms with Gasteiger partial charge in [-0.3, -0.25) is 14.8 Å². The third-order valence-corrected chi connectivity index (χ3v) is 6.65. The molecule has 3 rings (SSSR count). The van der Waals surface area contributed by atoms with Gasteiger partial charge in [0.1, 0.15) is 5.56 Å². The molecule has 0 aliphatic heterocycles. The molecule has 162 valence electrons. The van der Waals surface area contributed by atoms with Gasteiger partial charge in [-0.1, -0.05) is 15.9 Å². The molecule has 0 unspecified atom stereocenters. The quantitative estimate of drug-likeness (QED) is 0.464. The van der Waals surface area contributed by atoms with Crippen LogP contribution in [-0.4, -0.2) is 29.3 Å². The van der Waals surface area contributed by atoms with E-state index in [1.165, 1.54) is 18.2 Å². The average molecular weight is 507 g/mol. The van der Waals surface area contributed by atoms with Crippen LogP contribution in [0.2, 0.25) is 0 Å². The standard InChI is InChI=1S/C20H19BrN4O5S/c1-10-8-13(31(22,29)30)4-6-16(10)23-9-14-18(26)24-20(28)25(19(14)27)17-7-5-15(21)11(2)12(17)3/h4-9,27H,1-3H3,(H2,22,29,30)(H,24,26,28). The highest BCUT2D eigenvalue weighted by molar-refractivity contribution is 9.10. The molecule has 0 fully saturated rings. The number of benzene rings is 2. The number of sulfonamides is 1. The van der Waals surface area contributed by atoms with E-state index >= 15 is 0 Å². The molecule has 0 bridgehead atoms. The van der Waals surface area contributed by atoms with Crippen LogP contribution in [0, 0.1) is 20.8 Å². The number of aromatic amines is 1. The number of aromatic nitrogens is 2. The van der Waals surface area contributed by atoms with Crippen LogP contribution in [0.1, 0.15) is 22.3 Å². The minimum atomic E-state index is -3.86. The topological polar surface area (TPSA) is 148 Å². The Morgan fingerprint density at radius 3 is 2.42 bits per heavy atom. The summed E-state index contributed by atoms with van der Waals surface area (Å²) < 4.78 is 24.8. The fourth-order valence-electron chi connectivity index (χ4n) is 2.98. The number of aliphatic imine (C=N–C) groups is 1. The first-order valence-corrected chi connectivity index (χ1v) is 11.3. The van der Waals surface area contributed by atoms with Crippen LogP contribution in [0.5, 0.6) is 5.88 Å². The monoisotopic (exact) mass is 506 g/mol. The van der Waals surface area contributed by atoms with Gasteiger partial charge in [0.2, 0.25) is 15.9 Å². The van der Waals surface area contributed by atoms with Gasteiger partial charge < -0.3 is 5.11 Å². The number of primary sulfonamides is 1. The second-order valence-corrected chi connectivity index (χ2v) is 9.32. The van der Waals surface area contributed by atoms with E-state index in [2.05, 4.69) is 25.9 Å². The van der Waals surface area contributed by atoms with Crippen molar-refractivity contribution >= 4 is 37.9 Å². The van der Waals surface area contributed by atoms with Crippen LogP contribution in [0.25, 0.3) is 5.69 Å². The van der Waals surface area contributed by atoms with Crippen LogP contribution in [0.15, 0.2) is 54.3 Å². The van der Waals surface area contributed by atoms with Gasteiger partial charge in [-0.25, -0.2) is 22.9 Å². The Hall–Kier alpha value is -3.02. The first-order valence-electron chi connectivity index (χ1n) is 8.93. The van der Waals surface area contributed by atoms with Gasteiger partial charge in [-0.15, -0.1) is 0 Å². The normalized spacial score (nSPS) is 11.9. The minimum Gasteiger partial charge on any atom is -0.493 e. The first kappa shape index (κ1) is 22.7. The van der Waals surface area contributed by atoms with Crippen LogP contribution in [-0.2, 0) is 10.0 Å². The number of nitrogens with zero attached hydrogens (tertiary/aromatic N) is 2. The van der Waals surface area contributed by atoms with E-state index in [1.54, 1.807) is 26.0 Å². The molecule has 0 saturated heterocycles. The number of aryl methyl sites for hydroxylation is 1. The number of nitrogens with one attached hydrogen (secondary N) is 1. The van der Waals surface area contributed by atoms with Crippen LogP contribution in [0.4, 0.5) is 5.69 Å². The summed E-state index contributed by atoms with van der Waals surface area (Å²) >= 11 is 3.42. The zero-order chi connectivity index (χ0) is 23.1. The molecule has 1 heterocycles. The van der Waals surface area contributed by atoms with E-state index in [0.717, 1.165) is 26.4 Å². The lowest BCUT2D eigenvalue weighted by molar-refractivity contribution is 0.430. The number of halogens is 1. The molecular weight excluding hydrogens is 488 g/mol. The number of hydrogen-bond donors (Lipinski definition) is 3. The van der Waals surface area contributed by atoms with Gasteiger partial charge in [0.05, 0.1) is 16.3 Å². The highest BCUT2D eigenvalue weighted by Gasteiger charge is 2.17. The number of H-pyrrole nitrogens is 1. The molecule has 0 radical (unpaired) electrons. The molecule has 11 heteroatoms. The van der Waals surface area contributed by atoms with Crippen molar-refractivity contribution in [3.8, 4) is 11.6 Å². The van der Waals surface area contributed by atoms with Crippen molar-refractivity contribution in [1.82, 2.24) is 9.55 Å². The van der Waals surface area contributed by atoms with E-state index in [0.29, 0.717) is 16.9 Å². The second-order valence-electron chi connectivity index (χ2n) is 6.90. The van der Waals surface area contributed by atoms with Crippen LogP contribution in [0.3, 0.4) is 0 Å². The molecule has 0 spiro atoms. The van der Waals surface area contributed by atoms with Crippen molar-refractivity contribution in [2.45, 2.75) is 25.7 Å². The molecule has 0 atom stereocenters. The van der Waals surface area contributed by atoms with E-state index in [9.17, 15) is 23.1 Å². The van der Waals surface area contributed by atoms with Gasteiger partial charge in [0.25, 0.3) is 5.56 Å². The predicted octanol–water partition coefficient (Wildman–Crippen LogP) is 2.32. The fourth-order valence-corrected chi connectivity index (χ4v) is 4.01. The molecular formula is C20H19BrN4O5S. The first-order chi connectivity index (χ1) is 14.4. The molecule has 0 saturated carbocycles. The summed E-state index contributed by atoms with van der Waals surface area (Å²) in [6.45, 7) is 5.27. The van der Waals surface area contributed by atoms with E-state index in [1.807, 2.05) is 6.92 Å². The van der Waals surface area contributed by atoms with E-state index < -0.39 is 27.2 Å². The van der Waals surface area contributed by atoms with Crippen molar-refractivity contribution < 1.29 is 13.5 Å². The average Bonchev–Trinajstić information content (AvgIpc) is 2.67. The number of rotatable bonds is 4. The van der Waals surface area contributed by atoms with Crippen molar-refractivity contribution in [2.24, 2.45) is 10.1 Å². The van der Waals surface area contributed by atoms with Crippen LogP contribution >= 0.6 is 15.9 Å². The lowest BCUT2D eigenvalue weighted by Gasteiger charge is -2.14. The third kappa shape index (κ3) is 4.38. The van der Waals surface area contributed by atoms with Crippen molar-refractivity contribution in [1.29, 1.82) is 0 Å². The van der Waals surface area contributed by atoms with E-state index in [4.69, 9.17) is 5.14 Å². The predicted molar refractivity (Wildman–Crippen MR) is 121 cm³/mol. The summed E-state index contributed by atoms with van der Waals surface area (Å²) in [7, 11) is -3.86. The summed E-state index contributed by atoms with van der Waals surface area (Å²) in [5.74, 6) is -0.568. The largest absolute Gasteiger partial charge is 0.493 e. The Morgan fingerprint density at radius 2 is 1.81 bits per heavy atom. The lowest BCUT2D eigenvalue weighted by Crippen LogP contribution is -2.31. The van der Waals surface area contributed by atoms with Gasteiger partial charge in [0, 0.05) is 10.7 Å². The van der Waals surface area contributed by atoms with Gasteiger partial charge in [0.15, 0.2) is 0 Å². The summed E-state index contributed by atoms with van der Waals surface area (Å²) in [5.41, 5.74) is 1.03. The van der Waals surface area contributed by atoms with Gasteiger partial charge in [-0.2, -0.15) is 0 Å². The highest BCUT2D eigenvalue weighted by Crippen LogP contribution is 2.27. The Morgan fingerprint density at radius 1 is 1.13 bits per heavy atom. The van der Waals surface area contributed by atoms with E-state index in [-0.39, 0.29) is 10.5 Å². The van der Waals surface area contributed by atoms with Gasteiger partial charge >= 0.3 is 5.69 Å². The Kier molecular flexibility index (Phi) is 6.03. The van der Waals surface area contributed by atoms with Crippen molar-refractivity contribution in [3.05, 3.63) is 77.9 Å². The summed E-state index contributed by atoms with van der Waals surface area (Å²) in [4.78, 5) is 31.0. The summed E-state index contributed by atoms with van der Waals surface area (Å²) in [6, 6.07) is 7.44. The zero-order valence-electron chi connectivity index (χ0n) is 16.8. The maximum absolute atomic E-state index is 12.4. The maximum Gasteiger partial charge on any atom is 0.335 e. The smallest absolute Gasteiger partial charge is 0.335 e. The molecule has 0 aliphatic carbocycles. The summed E-state index contributed by atoms with van der Waals surface area (Å²) in [5, 5.41) is 15.8. The molecule has 1 aromatic heterocycles. The van der Waals surface area contributed by atoms with Crippen molar-refractivity contribution in [3.63, 3.8) is 0 Å². The van der Waals surface area contributed by atoms with Crippen molar-refractivity contribution in [2.75, 3.05) is 0 Å². The lowest BCUT2D eigenvalue weighted by atomic mass is 10.1. The number of aromatic hydroxyl groups is 1. The van der Waals surface area contributed by atoms with Crippen LogP contribution < -0.4 is 16.4 Å². The molecule has 31 heavy (non-hydrogen) atoms. The third-order valence-electron chi connectivity index (χ3n) is 4.88. The Balaban J connectivity index is 2.15. The zero-order valence-corrected chi connectivity index (χ0v) is 19.2. The molecule has 0 amide bonds. The SMILES string of the molecule is Cc1cc(S(N)(=O)=O)ccc1N=Cc1c(O)n(-c2ccc(Br)c(C)c2C)c(=O)[nH]c1=O. The molecule has 3 aromatic rings. The summed E-state index contributed by atoms with van der Waals surface area (Å²) in [6.07, 6.45) is 1.12. The molecule has 9 nitrogen and oxygen atoms in total. The number of nitrogens with two attached hydrogens (primary N) is 1. The molecule has 0 aliphatic rings. The molecule has 2 aromatic carbocycles. The minimum absolute atomic E-state index is 0.0701. The second kappa shape index (κ2) is 8.25. The highest BCUT2D eigenvalue weighted by atomic mass is 79.9. The fraction of sp³-hybridized carbons (Fsp3) is 0.150. The van der Waals surface area contributed by atoms with Gasteiger partial charge in [-0.05, 0) is 67.8 Å².